The predicted octanol–water partition coefficient (Wildman–Crippen LogP) is 0.826. The van der Waals surface area contributed by atoms with Crippen molar-refractivity contribution in [3.8, 4) is 11.5 Å². The van der Waals surface area contributed by atoms with Gasteiger partial charge in [0.15, 0.2) is 11.5 Å². The minimum Gasteiger partial charge on any atom is -0.454 e. The van der Waals surface area contributed by atoms with Crippen LogP contribution in [-0.4, -0.2) is 32.8 Å². The number of nitrogens with two attached hydrogens (primary N) is 1. The molecule has 3 N–H and O–H groups in total. The maximum Gasteiger partial charge on any atom is 0.233 e. The van der Waals surface area contributed by atoms with E-state index in [4.69, 9.17) is 15.3 Å². The third-order valence-electron chi connectivity index (χ3n) is 3.39. The summed E-state index contributed by atoms with van der Waals surface area (Å²) in [5.74, 6) is 7.70. The van der Waals surface area contributed by atoms with Gasteiger partial charge in [0.05, 0.1) is 5.25 Å². The Morgan fingerprint density at radius 1 is 1.43 bits per heavy atom. The van der Waals surface area contributed by atoms with Gasteiger partial charge in [-0.2, -0.15) is 0 Å². The summed E-state index contributed by atoms with van der Waals surface area (Å²) in [5, 5.41) is 10.9. The zero-order valence-electron chi connectivity index (χ0n) is 12.8. The van der Waals surface area contributed by atoms with Crippen molar-refractivity contribution in [1.82, 2.24) is 20.2 Å². The van der Waals surface area contributed by atoms with Crippen LogP contribution >= 0.6 is 11.8 Å². The Morgan fingerprint density at radius 3 is 2.96 bits per heavy atom. The molecular formula is C14H17N5O3S. The first-order valence-electron chi connectivity index (χ1n) is 7.04. The molecule has 1 aliphatic rings. The van der Waals surface area contributed by atoms with Crippen LogP contribution < -0.4 is 20.6 Å². The second-order valence-corrected chi connectivity index (χ2v) is 6.37. The maximum absolute atomic E-state index is 12.2. The molecule has 23 heavy (non-hydrogen) atoms. The summed E-state index contributed by atoms with van der Waals surface area (Å²) >= 11 is 1.26. The van der Waals surface area contributed by atoms with Crippen LogP contribution in [0.15, 0.2) is 23.4 Å². The largest absolute Gasteiger partial charge is 0.454 e. The van der Waals surface area contributed by atoms with E-state index in [0.29, 0.717) is 23.3 Å². The topological polar surface area (TPSA) is 104 Å². The summed E-state index contributed by atoms with van der Waals surface area (Å²) < 4.78 is 11.9. The number of fused-ring (bicyclic) bond motifs is 1. The molecule has 1 aromatic heterocycles. The zero-order chi connectivity index (χ0) is 16.4. The Kier molecular flexibility index (Phi) is 4.28. The number of thioether (sulfide) groups is 1. The van der Waals surface area contributed by atoms with Crippen LogP contribution in [0.4, 0.5) is 0 Å². The summed E-state index contributed by atoms with van der Waals surface area (Å²) in [6, 6.07) is 5.59. The zero-order valence-corrected chi connectivity index (χ0v) is 13.6. The van der Waals surface area contributed by atoms with Crippen LogP contribution in [0, 0.1) is 6.92 Å². The molecule has 2 aromatic rings. The molecule has 0 fully saturated rings. The number of nitrogens with one attached hydrogen (secondary N) is 1. The highest BCUT2D eigenvalue weighted by Crippen LogP contribution is 2.32. The normalized spacial score (nSPS) is 13.8. The van der Waals surface area contributed by atoms with Crippen molar-refractivity contribution in [3.05, 3.63) is 29.6 Å². The van der Waals surface area contributed by atoms with E-state index in [0.717, 1.165) is 11.3 Å². The molecule has 2 heterocycles. The number of rotatable bonds is 5. The Morgan fingerprint density at radius 2 is 2.22 bits per heavy atom. The fraction of sp³-hybridized carbons (Fsp3) is 0.357. The number of nitrogen functional groups attached to an aromatic ring is 1. The van der Waals surface area contributed by atoms with Crippen molar-refractivity contribution in [2.24, 2.45) is 0 Å². The minimum absolute atomic E-state index is 0.103. The molecule has 1 atom stereocenters. The summed E-state index contributed by atoms with van der Waals surface area (Å²) in [4.78, 5) is 12.2. The van der Waals surface area contributed by atoms with Crippen LogP contribution in [-0.2, 0) is 11.3 Å². The number of carbonyl (C=O) groups is 1. The number of carbonyl (C=O) groups excluding carboxylic acids is 1. The van der Waals surface area contributed by atoms with Crippen molar-refractivity contribution in [2.45, 2.75) is 30.8 Å². The molecule has 8 nitrogen and oxygen atoms in total. The monoisotopic (exact) mass is 335 g/mol. The molecule has 3 rings (SSSR count). The first-order chi connectivity index (χ1) is 11.0. The number of nitrogens with zero attached hydrogens (tertiary/aromatic N) is 3. The maximum atomic E-state index is 12.2. The molecule has 0 bridgehead atoms. The van der Waals surface area contributed by atoms with E-state index in [-0.39, 0.29) is 18.0 Å². The highest BCUT2D eigenvalue weighted by molar-refractivity contribution is 8.00. The summed E-state index contributed by atoms with van der Waals surface area (Å²) in [5.41, 5.74) is 0.942. The molecule has 9 heteroatoms. The van der Waals surface area contributed by atoms with E-state index in [1.54, 1.807) is 13.8 Å². The molecule has 1 amide bonds. The Hall–Kier alpha value is -2.42. The van der Waals surface area contributed by atoms with Crippen LogP contribution in [0.3, 0.4) is 0 Å². The minimum atomic E-state index is -0.338. The standard InChI is InChI=1S/C14H17N5O3S/c1-8(23-14-18-17-9(2)19(14)15)13(20)16-6-10-3-4-11-12(5-10)22-7-21-11/h3-5,8H,6-7,15H2,1-2H3,(H,16,20)/t8-/m1/s1. The van der Waals surface area contributed by atoms with Gasteiger partial charge in [-0.3, -0.25) is 4.79 Å². The Balaban J connectivity index is 1.55. The van der Waals surface area contributed by atoms with Gasteiger partial charge < -0.3 is 20.6 Å². The van der Waals surface area contributed by atoms with Crippen LogP contribution in [0.1, 0.15) is 18.3 Å². The van der Waals surface area contributed by atoms with Gasteiger partial charge >= 0.3 is 0 Å². The van der Waals surface area contributed by atoms with E-state index in [1.807, 2.05) is 18.2 Å². The third-order valence-corrected chi connectivity index (χ3v) is 4.45. The fourth-order valence-electron chi connectivity index (χ4n) is 2.03. The number of ether oxygens (including phenoxy) is 2. The molecule has 0 aliphatic carbocycles. The van der Waals surface area contributed by atoms with E-state index in [2.05, 4.69) is 15.5 Å². The Labute approximate surface area is 137 Å². The lowest BCUT2D eigenvalue weighted by Gasteiger charge is -2.11. The number of aryl methyl sites for hydroxylation is 1. The van der Waals surface area contributed by atoms with E-state index in [1.165, 1.54) is 16.4 Å². The van der Waals surface area contributed by atoms with Gasteiger partial charge in [0.1, 0.15) is 5.82 Å². The molecule has 0 unspecified atom stereocenters. The highest BCUT2D eigenvalue weighted by Gasteiger charge is 2.19. The molecule has 122 valence electrons. The molecule has 0 saturated heterocycles. The van der Waals surface area contributed by atoms with Gasteiger partial charge in [-0.15, -0.1) is 10.2 Å². The van der Waals surface area contributed by atoms with Gasteiger partial charge in [-0.05, 0) is 31.5 Å². The van der Waals surface area contributed by atoms with Crippen LogP contribution in [0.2, 0.25) is 0 Å². The van der Waals surface area contributed by atoms with E-state index in [9.17, 15) is 4.79 Å². The lowest BCUT2D eigenvalue weighted by atomic mass is 10.2. The Bertz CT molecular complexity index is 733. The number of benzene rings is 1. The molecule has 0 saturated carbocycles. The first-order valence-corrected chi connectivity index (χ1v) is 7.92. The van der Waals surface area contributed by atoms with Gasteiger partial charge in [0.2, 0.25) is 17.9 Å². The van der Waals surface area contributed by atoms with Crippen LogP contribution in [0.5, 0.6) is 11.5 Å². The lowest BCUT2D eigenvalue weighted by Crippen LogP contribution is -2.30. The quantitative estimate of drug-likeness (QED) is 0.616. The van der Waals surface area contributed by atoms with Crippen molar-refractivity contribution >= 4 is 17.7 Å². The SMILES string of the molecule is Cc1nnc(S[C@H](C)C(=O)NCc2ccc3c(c2)OCO3)n1N. The number of hydrogen-bond acceptors (Lipinski definition) is 7. The van der Waals surface area contributed by atoms with Gasteiger partial charge in [-0.25, -0.2) is 4.68 Å². The second kappa shape index (κ2) is 6.37. The average Bonchev–Trinajstić information content (AvgIpc) is 3.13. The smallest absolute Gasteiger partial charge is 0.233 e. The molecule has 0 spiro atoms. The van der Waals surface area contributed by atoms with Gasteiger partial charge in [-0.1, -0.05) is 17.8 Å². The van der Waals surface area contributed by atoms with Gasteiger partial charge in [0.25, 0.3) is 0 Å². The summed E-state index contributed by atoms with van der Waals surface area (Å²) in [6.07, 6.45) is 0. The fourth-order valence-corrected chi connectivity index (χ4v) is 2.87. The van der Waals surface area contributed by atoms with Crippen molar-refractivity contribution in [2.75, 3.05) is 12.6 Å². The molecule has 0 radical (unpaired) electrons. The van der Waals surface area contributed by atoms with Gasteiger partial charge in [0, 0.05) is 6.54 Å². The molecular weight excluding hydrogens is 318 g/mol. The summed E-state index contributed by atoms with van der Waals surface area (Å²) in [7, 11) is 0. The average molecular weight is 335 g/mol. The predicted molar refractivity (Wildman–Crippen MR) is 84.6 cm³/mol. The van der Waals surface area contributed by atoms with E-state index >= 15 is 0 Å². The number of aromatic nitrogens is 3. The summed E-state index contributed by atoms with van der Waals surface area (Å²) in [6.45, 7) is 4.19. The van der Waals surface area contributed by atoms with Crippen molar-refractivity contribution in [3.63, 3.8) is 0 Å². The van der Waals surface area contributed by atoms with Crippen LogP contribution in [0.25, 0.3) is 0 Å². The first kappa shape index (κ1) is 15.5. The number of amides is 1. The van der Waals surface area contributed by atoms with Crippen molar-refractivity contribution < 1.29 is 14.3 Å². The highest BCUT2D eigenvalue weighted by atomic mass is 32.2. The molecule has 1 aromatic carbocycles. The lowest BCUT2D eigenvalue weighted by molar-refractivity contribution is -0.120. The molecule has 1 aliphatic heterocycles. The van der Waals surface area contributed by atoms with E-state index < -0.39 is 0 Å². The second-order valence-electron chi connectivity index (χ2n) is 5.07. The number of hydrogen-bond donors (Lipinski definition) is 2. The van der Waals surface area contributed by atoms with Crippen molar-refractivity contribution in [1.29, 1.82) is 0 Å². The third kappa shape index (κ3) is 3.34.